The van der Waals surface area contributed by atoms with Gasteiger partial charge in [0.15, 0.2) is 0 Å². The van der Waals surface area contributed by atoms with Crippen LogP contribution in [0.4, 0.5) is 5.69 Å². The summed E-state index contributed by atoms with van der Waals surface area (Å²) in [5, 5.41) is 11.8. The second-order valence-corrected chi connectivity index (χ2v) is 6.91. The molecule has 0 aliphatic rings. The minimum atomic E-state index is 0.357. The summed E-state index contributed by atoms with van der Waals surface area (Å²) in [6.45, 7) is 6.15. The number of aryl methyl sites for hydroxylation is 1. The maximum atomic E-state index is 4.60. The van der Waals surface area contributed by atoms with Crippen LogP contribution in [0.5, 0.6) is 0 Å². The van der Waals surface area contributed by atoms with Crippen LogP contribution in [-0.2, 0) is 13.6 Å². The first-order valence-electron chi connectivity index (χ1n) is 9.08. The monoisotopic (exact) mass is 349 g/mol. The maximum absolute atomic E-state index is 4.60. The number of pyridine rings is 1. The number of benzene rings is 1. The van der Waals surface area contributed by atoms with E-state index >= 15 is 0 Å². The van der Waals surface area contributed by atoms with Crippen LogP contribution in [0.25, 0.3) is 11.3 Å². The first-order valence-corrected chi connectivity index (χ1v) is 9.08. The largest absolute Gasteiger partial charge is 0.381 e. The molecule has 0 amide bonds. The number of hydrogen-bond acceptors (Lipinski definition) is 4. The molecule has 0 radical (unpaired) electrons. The number of nitrogens with one attached hydrogen (secondary N) is 2. The van der Waals surface area contributed by atoms with Crippen molar-refractivity contribution in [2.45, 2.75) is 26.4 Å². The lowest BCUT2D eigenvalue weighted by Gasteiger charge is -2.24. The van der Waals surface area contributed by atoms with Crippen molar-refractivity contribution in [2.24, 2.45) is 13.0 Å². The average molecular weight is 349 g/mol. The third-order valence-electron chi connectivity index (χ3n) is 4.45. The molecule has 3 rings (SSSR count). The van der Waals surface area contributed by atoms with Gasteiger partial charge in [0.1, 0.15) is 0 Å². The van der Waals surface area contributed by atoms with Crippen molar-refractivity contribution >= 4 is 5.69 Å². The second-order valence-electron chi connectivity index (χ2n) is 6.91. The molecule has 2 aromatic heterocycles. The van der Waals surface area contributed by atoms with Crippen molar-refractivity contribution in [2.75, 3.05) is 11.9 Å². The van der Waals surface area contributed by atoms with Crippen molar-refractivity contribution in [3.63, 3.8) is 0 Å². The van der Waals surface area contributed by atoms with Gasteiger partial charge in [-0.2, -0.15) is 5.10 Å². The molecule has 0 unspecified atom stereocenters. The SMILES string of the molecule is CC(C)[C@H](CNCc1cn(C)nc1-c1cccnc1)Nc1ccccc1. The lowest BCUT2D eigenvalue weighted by atomic mass is 10.0. The summed E-state index contributed by atoms with van der Waals surface area (Å²) in [7, 11) is 1.96. The standard InChI is InChI=1S/C21H27N5/c1-16(2)20(24-19-9-5-4-6-10-19)14-23-13-18-15-26(3)25-21(18)17-8-7-11-22-12-17/h4-12,15-16,20,23-24H,13-14H2,1-3H3/t20-/m0/s1. The molecule has 0 bridgehead atoms. The smallest absolute Gasteiger partial charge is 0.0983 e. The molecule has 2 heterocycles. The number of aromatic nitrogens is 3. The lowest BCUT2D eigenvalue weighted by molar-refractivity contribution is 0.484. The molecule has 1 aromatic carbocycles. The Hall–Kier alpha value is -2.66. The van der Waals surface area contributed by atoms with Crippen molar-refractivity contribution in [3.8, 4) is 11.3 Å². The zero-order valence-corrected chi connectivity index (χ0v) is 15.7. The summed E-state index contributed by atoms with van der Waals surface area (Å²) in [4.78, 5) is 4.21. The van der Waals surface area contributed by atoms with Crippen LogP contribution in [0.1, 0.15) is 19.4 Å². The molecule has 26 heavy (non-hydrogen) atoms. The minimum Gasteiger partial charge on any atom is -0.381 e. The number of rotatable bonds is 8. The van der Waals surface area contributed by atoms with Gasteiger partial charge in [0.2, 0.25) is 0 Å². The summed E-state index contributed by atoms with van der Waals surface area (Å²) in [5.74, 6) is 0.523. The van der Waals surface area contributed by atoms with Gasteiger partial charge in [0.25, 0.3) is 0 Å². The predicted molar refractivity (Wildman–Crippen MR) is 107 cm³/mol. The predicted octanol–water partition coefficient (Wildman–Crippen LogP) is 3.71. The summed E-state index contributed by atoms with van der Waals surface area (Å²) < 4.78 is 1.86. The maximum Gasteiger partial charge on any atom is 0.0983 e. The highest BCUT2D eigenvalue weighted by molar-refractivity contribution is 5.61. The molecule has 0 saturated heterocycles. The molecule has 0 aliphatic heterocycles. The minimum absolute atomic E-state index is 0.357. The van der Waals surface area contributed by atoms with Gasteiger partial charge in [-0.05, 0) is 30.2 Å². The Balaban J connectivity index is 1.63. The normalized spacial score (nSPS) is 12.3. The van der Waals surface area contributed by atoms with E-state index in [-0.39, 0.29) is 0 Å². The molecular weight excluding hydrogens is 322 g/mol. The van der Waals surface area contributed by atoms with Gasteiger partial charge in [-0.3, -0.25) is 9.67 Å². The van der Waals surface area contributed by atoms with Crippen molar-refractivity contribution in [1.82, 2.24) is 20.1 Å². The molecule has 0 aliphatic carbocycles. The van der Waals surface area contributed by atoms with Gasteiger partial charge in [-0.25, -0.2) is 0 Å². The van der Waals surface area contributed by atoms with Crippen LogP contribution in [0.15, 0.2) is 61.1 Å². The molecule has 3 aromatic rings. The van der Waals surface area contributed by atoms with Gasteiger partial charge in [0.05, 0.1) is 5.69 Å². The van der Waals surface area contributed by atoms with Gasteiger partial charge in [0, 0.05) is 61.6 Å². The molecule has 2 N–H and O–H groups in total. The Kier molecular flexibility index (Phi) is 6.02. The van der Waals surface area contributed by atoms with Crippen molar-refractivity contribution in [3.05, 3.63) is 66.6 Å². The molecule has 0 fully saturated rings. The molecule has 5 heteroatoms. The van der Waals surface area contributed by atoms with E-state index in [1.807, 2.05) is 36.1 Å². The van der Waals surface area contributed by atoms with Crippen LogP contribution < -0.4 is 10.6 Å². The summed E-state index contributed by atoms with van der Waals surface area (Å²) in [6, 6.07) is 14.7. The third kappa shape index (κ3) is 4.70. The van der Waals surface area contributed by atoms with E-state index in [1.54, 1.807) is 6.20 Å². The first kappa shape index (κ1) is 18.1. The Morgan fingerprint density at radius 1 is 1.08 bits per heavy atom. The number of anilines is 1. The fourth-order valence-corrected chi connectivity index (χ4v) is 2.98. The average Bonchev–Trinajstić information content (AvgIpc) is 3.03. The number of hydrogen-bond donors (Lipinski definition) is 2. The quantitative estimate of drug-likeness (QED) is 0.651. The molecular formula is C21H27N5. The fourth-order valence-electron chi connectivity index (χ4n) is 2.98. The molecule has 5 nitrogen and oxygen atoms in total. The van der Waals surface area contributed by atoms with E-state index in [1.165, 1.54) is 5.56 Å². The van der Waals surface area contributed by atoms with Crippen LogP contribution in [0.3, 0.4) is 0 Å². The lowest BCUT2D eigenvalue weighted by Crippen LogP contribution is -2.36. The summed E-state index contributed by atoms with van der Waals surface area (Å²) in [6.07, 6.45) is 5.72. The zero-order valence-electron chi connectivity index (χ0n) is 15.7. The second kappa shape index (κ2) is 8.63. The topological polar surface area (TPSA) is 54.8 Å². The van der Waals surface area contributed by atoms with E-state index < -0.39 is 0 Å². The van der Waals surface area contributed by atoms with Gasteiger partial charge >= 0.3 is 0 Å². The summed E-state index contributed by atoms with van der Waals surface area (Å²) in [5.41, 5.74) is 4.38. The van der Waals surface area contributed by atoms with Crippen molar-refractivity contribution < 1.29 is 0 Å². The summed E-state index contributed by atoms with van der Waals surface area (Å²) >= 11 is 0. The van der Waals surface area contributed by atoms with Gasteiger partial charge in [-0.15, -0.1) is 0 Å². The highest BCUT2D eigenvalue weighted by atomic mass is 15.3. The fraction of sp³-hybridized carbons (Fsp3) is 0.333. The van der Waals surface area contributed by atoms with Crippen LogP contribution >= 0.6 is 0 Å². The Bertz CT molecular complexity index is 796. The van der Waals surface area contributed by atoms with Crippen LogP contribution in [0.2, 0.25) is 0 Å². The van der Waals surface area contributed by atoms with E-state index in [2.05, 4.69) is 65.0 Å². The van der Waals surface area contributed by atoms with Gasteiger partial charge < -0.3 is 10.6 Å². The Labute approximate surface area is 155 Å². The number of nitrogens with zero attached hydrogens (tertiary/aromatic N) is 3. The molecule has 1 atom stereocenters. The highest BCUT2D eigenvalue weighted by Crippen LogP contribution is 2.20. The van der Waals surface area contributed by atoms with E-state index in [0.29, 0.717) is 12.0 Å². The molecule has 0 saturated carbocycles. The van der Waals surface area contributed by atoms with Crippen LogP contribution in [-0.4, -0.2) is 27.4 Å². The number of para-hydroxylation sites is 1. The molecule has 0 spiro atoms. The Morgan fingerprint density at radius 3 is 2.58 bits per heavy atom. The Morgan fingerprint density at radius 2 is 1.88 bits per heavy atom. The zero-order chi connectivity index (χ0) is 18.4. The molecule has 136 valence electrons. The van der Waals surface area contributed by atoms with E-state index in [0.717, 1.165) is 30.0 Å². The third-order valence-corrected chi connectivity index (χ3v) is 4.45. The van der Waals surface area contributed by atoms with E-state index in [9.17, 15) is 0 Å². The van der Waals surface area contributed by atoms with Gasteiger partial charge in [-0.1, -0.05) is 32.0 Å². The van der Waals surface area contributed by atoms with Crippen molar-refractivity contribution in [1.29, 1.82) is 0 Å². The highest BCUT2D eigenvalue weighted by Gasteiger charge is 2.14. The van der Waals surface area contributed by atoms with Crippen LogP contribution in [0, 0.1) is 5.92 Å². The first-order chi connectivity index (χ1) is 12.6. The van der Waals surface area contributed by atoms with E-state index in [4.69, 9.17) is 0 Å².